The molecule has 1 aromatic heterocycles. The summed E-state index contributed by atoms with van der Waals surface area (Å²) in [6, 6.07) is 7.62. The first-order chi connectivity index (χ1) is 9.54. The number of anilines is 1. The van der Waals surface area contributed by atoms with E-state index in [0.717, 1.165) is 11.3 Å². The fourth-order valence-corrected chi connectivity index (χ4v) is 2.09. The Kier molecular flexibility index (Phi) is 4.08. The van der Waals surface area contributed by atoms with Crippen LogP contribution in [0.5, 0.6) is 0 Å². The minimum Gasteiger partial charge on any atom is -0.398 e. The molecule has 0 spiro atoms. The molecule has 1 amide bonds. The van der Waals surface area contributed by atoms with Gasteiger partial charge >= 0.3 is 0 Å². The molecule has 0 saturated carbocycles. The molecule has 1 aromatic carbocycles. The molecule has 2 N–H and O–H groups in total. The van der Waals surface area contributed by atoms with E-state index < -0.39 is 0 Å². The number of aromatic nitrogens is 2. The Balaban J connectivity index is 2.23. The largest absolute Gasteiger partial charge is 0.398 e. The summed E-state index contributed by atoms with van der Waals surface area (Å²) in [6.45, 7) is 4.99. The van der Waals surface area contributed by atoms with E-state index in [2.05, 4.69) is 5.10 Å². The van der Waals surface area contributed by atoms with Crippen LogP contribution in [0.15, 0.2) is 30.5 Å². The molecule has 2 rings (SSSR count). The third-order valence-corrected chi connectivity index (χ3v) is 3.55. The van der Waals surface area contributed by atoms with Crippen LogP contribution in [-0.2, 0) is 13.6 Å². The lowest BCUT2D eigenvalue weighted by molar-refractivity contribution is 0.0752. The minimum atomic E-state index is -0.0126. The van der Waals surface area contributed by atoms with E-state index in [9.17, 15) is 4.79 Å². The summed E-state index contributed by atoms with van der Waals surface area (Å²) in [5, 5.41) is 4.12. The highest BCUT2D eigenvalue weighted by molar-refractivity contribution is 5.95. The van der Waals surface area contributed by atoms with E-state index in [1.54, 1.807) is 15.8 Å². The summed E-state index contributed by atoms with van der Waals surface area (Å²) in [4.78, 5) is 14.3. The Morgan fingerprint density at radius 3 is 2.65 bits per heavy atom. The molecular formula is C15H20N4O. The Morgan fingerprint density at radius 2 is 2.10 bits per heavy atom. The summed E-state index contributed by atoms with van der Waals surface area (Å²) < 4.78 is 1.71. The zero-order chi connectivity index (χ0) is 14.7. The highest BCUT2D eigenvalue weighted by Crippen LogP contribution is 2.16. The lowest BCUT2D eigenvalue weighted by atomic mass is 10.1. The van der Waals surface area contributed by atoms with Gasteiger partial charge in [-0.1, -0.05) is 18.2 Å². The zero-order valence-corrected chi connectivity index (χ0v) is 12.1. The molecule has 0 unspecified atom stereocenters. The van der Waals surface area contributed by atoms with Crippen LogP contribution in [0.3, 0.4) is 0 Å². The van der Waals surface area contributed by atoms with Gasteiger partial charge in [0.1, 0.15) is 0 Å². The van der Waals surface area contributed by atoms with Crippen molar-refractivity contribution in [2.45, 2.75) is 20.4 Å². The van der Waals surface area contributed by atoms with Crippen LogP contribution in [0, 0.1) is 6.92 Å². The topological polar surface area (TPSA) is 64.2 Å². The van der Waals surface area contributed by atoms with Gasteiger partial charge in [0.25, 0.3) is 5.91 Å². The van der Waals surface area contributed by atoms with Crippen LogP contribution >= 0.6 is 0 Å². The van der Waals surface area contributed by atoms with Crippen molar-refractivity contribution in [2.24, 2.45) is 7.05 Å². The number of carbonyl (C=O) groups excluding carboxylic acids is 1. The molecule has 5 heteroatoms. The lowest BCUT2D eigenvalue weighted by Gasteiger charge is -2.21. The average Bonchev–Trinajstić information content (AvgIpc) is 2.77. The Labute approximate surface area is 119 Å². The van der Waals surface area contributed by atoms with Crippen molar-refractivity contribution in [3.05, 3.63) is 47.3 Å². The van der Waals surface area contributed by atoms with Crippen molar-refractivity contribution in [3.8, 4) is 0 Å². The fourth-order valence-electron chi connectivity index (χ4n) is 2.09. The molecule has 0 atom stereocenters. The predicted molar refractivity (Wildman–Crippen MR) is 79.2 cm³/mol. The Hall–Kier alpha value is -2.30. The smallest absolute Gasteiger partial charge is 0.257 e. The van der Waals surface area contributed by atoms with Crippen molar-refractivity contribution >= 4 is 11.6 Å². The maximum Gasteiger partial charge on any atom is 0.257 e. The number of amides is 1. The maximum absolute atomic E-state index is 12.6. The monoisotopic (exact) mass is 272 g/mol. The van der Waals surface area contributed by atoms with E-state index in [1.807, 2.05) is 45.2 Å². The second-order valence-electron chi connectivity index (χ2n) is 4.79. The number of benzene rings is 1. The summed E-state index contributed by atoms with van der Waals surface area (Å²) in [7, 11) is 1.83. The molecule has 0 radical (unpaired) electrons. The second kappa shape index (κ2) is 5.77. The number of hydrogen-bond acceptors (Lipinski definition) is 3. The van der Waals surface area contributed by atoms with Crippen LogP contribution in [0.4, 0.5) is 5.69 Å². The van der Waals surface area contributed by atoms with Gasteiger partial charge in [0.05, 0.1) is 11.8 Å². The molecular weight excluding hydrogens is 252 g/mol. The summed E-state index contributed by atoms with van der Waals surface area (Å²) in [5.41, 5.74) is 9.13. The van der Waals surface area contributed by atoms with Crippen molar-refractivity contribution < 1.29 is 4.79 Å². The molecule has 106 valence electrons. The molecule has 20 heavy (non-hydrogen) atoms. The van der Waals surface area contributed by atoms with Gasteiger partial charge in [-0.25, -0.2) is 0 Å². The number of carbonyl (C=O) groups is 1. The number of hydrogen-bond donors (Lipinski definition) is 1. The summed E-state index contributed by atoms with van der Waals surface area (Å²) >= 11 is 0. The highest BCUT2D eigenvalue weighted by Gasteiger charge is 2.19. The lowest BCUT2D eigenvalue weighted by Crippen LogP contribution is -2.31. The average molecular weight is 272 g/mol. The number of rotatable bonds is 4. The number of nitrogens with two attached hydrogens (primary N) is 1. The summed E-state index contributed by atoms with van der Waals surface area (Å²) in [6.07, 6.45) is 1.62. The van der Waals surface area contributed by atoms with Gasteiger partial charge in [-0.05, 0) is 25.5 Å². The van der Waals surface area contributed by atoms with Gasteiger partial charge in [0.2, 0.25) is 0 Å². The third-order valence-electron chi connectivity index (χ3n) is 3.55. The van der Waals surface area contributed by atoms with E-state index >= 15 is 0 Å². The first-order valence-electron chi connectivity index (χ1n) is 6.65. The van der Waals surface area contributed by atoms with Crippen LogP contribution in [-0.4, -0.2) is 27.1 Å². The SMILES string of the molecule is CCN(Cc1ccccc1N)C(=O)c1cnn(C)c1C. The molecule has 2 aromatic rings. The van der Waals surface area contributed by atoms with Gasteiger partial charge in [0, 0.05) is 31.5 Å². The van der Waals surface area contributed by atoms with E-state index in [1.165, 1.54) is 0 Å². The van der Waals surface area contributed by atoms with Crippen LogP contribution in [0.1, 0.15) is 28.5 Å². The molecule has 0 aliphatic rings. The van der Waals surface area contributed by atoms with Crippen molar-refractivity contribution in [1.29, 1.82) is 0 Å². The minimum absolute atomic E-state index is 0.0126. The summed E-state index contributed by atoms with van der Waals surface area (Å²) in [5.74, 6) is -0.0126. The van der Waals surface area contributed by atoms with E-state index in [-0.39, 0.29) is 5.91 Å². The predicted octanol–water partition coefficient (Wildman–Crippen LogP) is 1.97. The van der Waals surface area contributed by atoms with Gasteiger partial charge in [0.15, 0.2) is 0 Å². The van der Waals surface area contributed by atoms with Crippen molar-refractivity contribution in [3.63, 3.8) is 0 Å². The molecule has 1 heterocycles. The first kappa shape index (κ1) is 14.1. The normalized spacial score (nSPS) is 10.6. The number of para-hydroxylation sites is 1. The standard InChI is InChI=1S/C15H20N4O/c1-4-19(10-12-7-5-6-8-14(12)16)15(20)13-9-17-18(3)11(13)2/h5-9H,4,10,16H2,1-3H3. The van der Waals surface area contributed by atoms with Crippen LogP contribution in [0.2, 0.25) is 0 Å². The Bertz CT molecular complexity index is 618. The molecule has 5 nitrogen and oxygen atoms in total. The second-order valence-corrected chi connectivity index (χ2v) is 4.79. The number of aryl methyl sites for hydroxylation is 1. The number of nitrogen functional groups attached to an aromatic ring is 1. The van der Waals surface area contributed by atoms with E-state index in [4.69, 9.17) is 5.73 Å². The van der Waals surface area contributed by atoms with E-state index in [0.29, 0.717) is 24.3 Å². The van der Waals surface area contributed by atoms with Crippen LogP contribution < -0.4 is 5.73 Å². The van der Waals surface area contributed by atoms with Crippen LogP contribution in [0.25, 0.3) is 0 Å². The van der Waals surface area contributed by atoms with Gasteiger partial charge in [-0.2, -0.15) is 5.10 Å². The maximum atomic E-state index is 12.6. The zero-order valence-electron chi connectivity index (χ0n) is 12.1. The molecule has 0 bridgehead atoms. The first-order valence-corrected chi connectivity index (χ1v) is 6.65. The van der Waals surface area contributed by atoms with Gasteiger partial charge in [-0.15, -0.1) is 0 Å². The molecule has 0 saturated heterocycles. The molecule has 0 aliphatic heterocycles. The number of nitrogens with zero attached hydrogens (tertiary/aromatic N) is 3. The van der Waals surface area contributed by atoms with Crippen molar-refractivity contribution in [2.75, 3.05) is 12.3 Å². The quantitative estimate of drug-likeness (QED) is 0.865. The Morgan fingerprint density at radius 1 is 1.40 bits per heavy atom. The van der Waals surface area contributed by atoms with Gasteiger partial charge < -0.3 is 10.6 Å². The highest BCUT2D eigenvalue weighted by atomic mass is 16.2. The van der Waals surface area contributed by atoms with Gasteiger partial charge in [-0.3, -0.25) is 9.48 Å². The van der Waals surface area contributed by atoms with Crippen molar-refractivity contribution in [1.82, 2.24) is 14.7 Å². The molecule has 0 aliphatic carbocycles. The fraction of sp³-hybridized carbons (Fsp3) is 0.333. The third kappa shape index (κ3) is 2.66. The molecule has 0 fully saturated rings.